The first-order valence-corrected chi connectivity index (χ1v) is 7.77. The first-order valence-electron chi connectivity index (χ1n) is 7.02. The number of rotatable bonds is 6. The molecule has 0 spiro atoms. The van der Waals surface area contributed by atoms with Crippen LogP contribution in [0, 0.1) is 0 Å². The van der Waals surface area contributed by atoms with E-state index in [0.717, 1.165) is 25.3 Å². The molecule has 0 bridgehead atoms. The van der Waals surface area contributed by atoms with Gasteiger partial charge < -0.3 is 10.1 Å². The van der Waals surface area contributed by atoms with Gasteiger partial charge in [-0.25, -0.2) is 0 Å². The van der Waals surface area contributed by atoms with Crippen LogP contribution < -0.4 is 5.32 Å². The normalized spacial score (nSPS) is 16.7. The van der Waals surface area contributed by atoms with Crippen molar-refractivity contribution in [2.24, 2.45) is 0 Å². The molecular weight excluding hydrogens is 281 g/mol. The van der Waals surface area contributed by atoms with E-state index in [0.29, 0.717) is 16.1 Å². The van der Waals surface area contributed by atoms with E-state index in [1.54, 1.807) is 6.07 Å². The van der Waals surface area contributed by atoms with Crippen molar-refractivity contribution in [2.75, 3.05) is 13.2 Å². The summed E-state index contributed by atoms with van der Waals surface area (Å²) in [5, 5.41) is 4.74. The second-order valence-corrected chi connectivity index (χ2v) is 5.89. The van der Waals surface area contributed by atoms with Gasteiger partial charge >= 0.3 is 0 Å². The van der Waals surface area contributed by atoms with Crippen LogP contribution >= 0.6 is 23.2 Å². The molecule has 1 saturated carbocycles. The summed E-state index contributed by atoms with van der Waals surface area (Å²) < 4.78 is 5.85. The standard InChI is InChI=1S/C15H21Cl2NO/c16-13-7-6-12(15(17)10-13)11-18-8-9-19-14-4-2-1-3-5-14/h6-7,10,14,18H,1-5,8-9,11H2. The van der Waals surface area contributed by atoms with Gasteiger partial charge in [-0.3, -0.25) is 0 Å². The van der Waals surface area contributed by atoms with E-state index < -0.39 is 0 Å². The summed E-state index contributed by atoms with van der Waals surface area (Å²) in [5.74, 6) is 0. The van der Waals surface area contributed by atoms with Gasteiger partial charge in [0.2, 0.25) is 0 Å². The molecule has 0 saturated heterocycles. The molecule has 0 aliphatic heterocycles. The summed E-state index contributed by atoms with van der Waals surface area (Å²) in [5.41, 5.74) is 1.07. The van der Waals surface area contributed by atoms with Crippen LogP contribution in [0.4, 0.5) is 0 Å². The first-order chi connectivity index (χ1) is 9.25. The lowest BCUT2D eigenvalue weighted by Crippen LogP contribution is -2.24. The highest BCUT2D eigenvalue weighted by molar-refractivity contribution is 6.35. The Kier molecular flexibility index (Phi) is 6.45. The summed E-state index contributed by atoms with van der Waals surface area (Å²) in [7, 11) is 0. The minimum atomic E-state index is 0.481. The highest BCUT2D eigenvalue weighted by Gasteiger charge is 2.12. The fraction of sp³-hybridized carbons (Fsp3) is 0.600. The Morgan fingerprint density at radius 2 is 1.95 bits per heavy atom. The van der Waals surface area contributed by atoms with Crippen LogP contribution in [0.3, 0.4) is 0 Å². The topological polar surface area (TPSA) is 21.3 Å². The van der Waals surface area contributed by atoms with Crippen molar-refractivity contribution in [2.45, 2.75) is 44.8 Å². The molecule has 1 fully saturated rings. The Morgan fingerprint density at radius 3 is 2.68 bits per heavy atom. The third-order valence-corrected chi connectivity index (χ3v) is 4.10. The maximum absolute atomic E-state index is 6.11. The van der Waals surface area contributed by atoms with Crippen LogP contribution in [-0.4, -0.2) is 19.3 Å². The van der Waals surface area contributed by atoms with Crippen molar-refractivity contribution in [3.63, 3.8) is 0 Å². The zero-order valence-electron chi connectivity index (χ0n) is 11.1. The molecule has 0 amide bonds. The molecule has 1 aromatic carbocycles. The average molecular weight is 302 g/mol. The summed E-state index contributed by atoms with van der Waals surface area (Å²) in [6.07, 6.45) is 6.94. The minimum absolute atomic E-state index is 0.481. The molecule has 2 rings (SSSR count). The largest absolute Gasteiger partial charge is 0.377 e. The van der Waals surface area contributed by atoms with E-state index in [2.05, 4.69) is 5.32 Å². The van der Waals surface area contributed by atoms with Crippen LogP contribution in [0.5, 0.6) is 0 Å². The molecule has 1 aromatic rings. The van der Waals surface area contributed by atoms with Gasteiger partial charge in [-0.1, -0.05) is 48.5 Å². The predicted octanol–water partition coefficient (Wildman–Crippen LogP) is 4.43. The summed E-state index contributed by atoms with van der Waals surface area (Å²) >= 11 is 12.0. The molecule has 1 aliphatic rings. The molecule has 0 heterocycles. The minimum Gasteiger partial charge on any atom is -0.377 e. The van der Waals surface area contributed by atoms with Gasteiger partial charge in [-0.05, 0) is 30.5 Å². The lowest BCUT2D eigenvalue weighted by Gasteiger charge is -2.22. The van der Waals surface area contributed by atoms with Crippen molar-refractivity contribution in [1.29, 1.82) is 0 Å². The smallest absolute Gasteiger partial charge is 0.0594 e. The van der Waals surface area contributed by atoms with Crippen molar-refractivity contribution in [3.05, 3.63) is 33.8 Å². The maximum Gasteiger partial charge on any atom is 0.0594 e. The third kappa shape index (κ3) is 5.31. The highest BCUT2D eigenvalue weighted by Crippen LogP contribution is 2.21. The number of hydrogen-bond acceptors (Lipinski definition) is 2. The van der Waals surface area contributed by atoms with Gasteiger partial charge in [0.25, 0.3) is 0 Å². The molecule has 1 aliphatic carbocycles. The van der Waals surface area contributed by atoms with E-state index in [9.17, 15) is 0 Å². The van der Waals surface area contributed by atoms with Gasteiger partial charge in [0, 0.05) is 23.1 Å². The van der Waals surface area contributed by atoms with Crippen LogP contribution in [-0.2, 0) is 11.3 Å². The molecule has 0 unspecified atom stereocenters. The van der Waals surface area contributed by atoms with E-state index in [1.165, 1.54) is 32.1 Å². The van der Waals surface area contributed by atoms with Gasteiger partial charge in [-0.15, -0.1) is 0 Å². The predicted molar refractivity (Wildman–Crippen MR) is 81.0 cm³/mol. The Labute approximate surface area is 125 Å². The Bertz CT molecular complexity index is 392. The van der Waals surface area contributed by atoms with Gasteiger partial charge in [0.1, 0.15) is 0 Å². The quantitative estimate of drug-likeness (QED) is 0.785. The molecule has 19 heavy (non-hydrogen) atoms. The molecule has 0 aromatic heterocycles. The Balaban J connectivity index is 1.61. The molecule has 4 heteroatoms. The average Bonchev–Trinajstić information content (AvgIpc) is 2.42. The van der Waals surface area contributed by atoms with Crippen molar-refractivity contribution >= 4 is 23.2 Å². The Hall–Kier alpha value is -0.280. The number of halogens is 2. The second-order valence-electron chi connectivity index (χ2n) is 5.04. The summed E-state index contributed by atoms with van der Waals surface area (Å²) in [4.78, 5) is 0. The maximum atomic E-state index is 6.11. The van der Waals surface area contributed by atoms with Crippen molar-refractivity contribution in [3.8, 4) is 0 Å². The molecular formula is C15H21Cl2NO. The van der Waals surface area contributed by atoms with Gasteiger partial charge in [0.15, 0.2) is 0 Å². The van der Waals surface area contributed by atoms with Crippen molar-refractivity contribution < 1.29 is 4.74 Å². The van der Waals surface area contributed by atoms with E-state index in [4.69, 9.17) is 27.9 Å². The van der Waals surface area contributed by atoms with E-state index in [1.807, 2.05) is 12.1 Å². The van der Waals surface area contributed by atoms with Crippen LogP contribution in [0.2, 0.25) is 10.0 Å². The lowest BCUT2D eigenvalue weighted by molar-refractivity contribution is 0.0302. The fourth-order valence-corrected chi connectivity index (χ4v) is 2.89. The molecule has 106 valence electrons. The molecule has 1 N–H and O–H groups in total. The van der Waals surface area contributed by atoms with Gasteiger partial charge in [0.05, 0.1) is 12.7 Å². The van der Waals surface area contributed by atoms with Crippen LogP contribution in [0.15, 0.2) is 18.2 Å². The zero-order chi connectivity index (χ0) is 13.5. The van der Waals surface area contributed by atoms with Crippen molar-refractivity contribution in [1.82, 2.24) is 5.32 Å². The van der Waals surface area contributed by atoms with E-state index >= 15 is 0 Å². The monoisotopic (exact) mass is 301 g/mol. The summed E-state index contributed by atoms with van der Waals surface area (Å²) in [6, 6.07) is 5.60. The lowest BCUT2D eigenvalue weighted by atomic mass is 9.98. The zero-order valence-corrected chi connectivity index (χ0v) is 12.6. The Morgan fingerprint density at radius 1 is 1.16 bits per heavy atom. The van der Waals surface area contributed by atoms with E-state index in [-0.39, 0.29) is 0 Å². The number of nitrogens with one attached hydrogen (secondary N) is 1. The fourth-order valence-electron chi connectivity index (χ4n) is 2.42. The molecule has 0 atom stereocenters. The highest BCUT2D eigenvalue weighted by atomic mass is 35.5. The first kappa shape index (κ1) is 15.1. The second kappa shape index (κ2) is 8.11. The van der Waals surface area contributed by atoms with Gasteiger partial charge in [-0.2, -0.15) is 0 Å². The summed E-state index contributed by atoms with van der Waals surface area (Å²) in [6.45, 7) is 2.38. The van der Waals surface area contributed by atoms with Crippen LogP contribution in [0.25, 0.3) is 0 Å². The third-order valence-electron chi connectivity index (χ3n) is 3.52. The number of benzene rings is 1. The number of hydrogen-bond donors (Lipinski definition) is 1. The SMILES string of the molecule is Clc1ccc(CNCCOC2CCCCC2)c(Cl)c1. The number of ether oxygens (including phenoxy) is 1. The van der Waals surface area contributed by atoms with Crippen LogP contribution in [0.1, 0.15) is 37.7 Å². The molecule has 0 radical (unpaired) electrons. The molecule has 2 nitrogen and oxygen atoms in total.